The number of aliphatic imine (C=N–C) groups is 1. The van der Waals surface area contributed by atoms with Crippen LogP contribution in [0, 0.1) is 5.92 Å². The zero-order valence-corrected chi connectivity index (χ0v) is 14.6. The van der Waals surface area contributed by atoms with E-state index in [1.54, 1.807) is 0 Å². The number of guanidine groups is 1. The van der Waals surface area contributed by atoms with Gasteiger partial charge in [0.25, 0.3) is 0 Å². The molecule has 130 valence electrons. The highest BCUT2D eigenvalue weighted by Gasteiger charge is 2.14. The first-order valence-electron chi connectivity index (χ1n) is 8.83. The zero-order valence-electron chi connectivity index (χ0n) is 14.6. The summed E-state index contributed by atoms with van der Waals surface area (Å²) in [4.78, 5) is 4.35. The summed E-state index contributed by atoms with van der Waals surface area (Å²) in [5.41, 5.74) is 5.90. The number of rotatable bonds is 11. The molecule has 0 aromatic heterocycles. The summed E-state index contributed by atoms with van der Waals surface area (Å²) in [7, 11) is 0. The number of nitrogens with two attached hydrogens (primary N) is 1. The summed E-state index contributed by atoms with van der Waals surface area (Å²) >= 11 is 0. The van der Waals surface area contributed by atoms with Crippen molar-refractivity contribution >= 4 is 5.96 Å². The lowest BCUT2D eigenvalue weighted by Crippen LogP contribution is -2.38. The van der Waals surface area contributed by atoms with Crippen LogP contribution in [-0.4, -0.2) is 44.5 Å². The molecule has 0 aromatic rings. The first-order valence-corrected chi connectivity index (χ1v) is 8.83. The van der Waals surface area contributed by atoms with E-state index in [-0.39, 0.29) is 0 Å². The van der Waals surface area contributed by atoms with Gasteiger partial charge in [-0.3, -0.25) is 4.99 Å². The Bertz CT molecular complexity index is 302. The normalized spacial score (nSPS) is 20.5. The minimum absolute atomic E-state index is 0.307. The average molecular weight is 313 g/mol. The second kappa shape index (κ2) is 11.7. The predicted molar refractivity (Wildman–Crippen MR) is 92.2 cm³/mol. The number of hydrogen-bond acceptors (Lipinski definition) is 3. The van der Waals surface area contributed by atoms with Gasteiger partial charge in [0.1, 0.15) is 0 Å². The molecule has 3 N–H and O–H groups in total. The van der Waals surface area contributed by atoms with Crippen molar-refractivity contribution in [3.63, 3.8) is 0 Å². The van der Waals surface area contributed by atoms with Crippen molar-refractivity contribution in [1.82, 2.24) is 5.32 Å². The van der Waals surface area contributed by atoms with Gasteiger partial charge in [0.2, 0.25) is 0 Å². The molecular weight excluding hydrogens is 278 g/mol. The lowest BCUT2D eigenvalue weighted by molar-refractivity contribution is 0.0171. The Kier molecular flexibility index (Phi) is 10.2. The molecule has 0 saturated carbocycles. The lowest BCUT2D eigenvalue weighted by Gasteiger charge is -2.15. The Morgan fingerprint density at radius 1 is 1.32 bits per heavy atom. The summed E-state index contributed by atoms with van der Waals surface area (Å²) in [5.74, 6) is 1.32. The molecule has 5 nitrogen and oxygen atoms in total. The van der Waals surface area contributed by atoms with Crippen LogP contribution in [0.3, 0.4) is 0 Å². The lowest BCUT2D eigenvalue weighted by atomic mass is 10.0. The van der Waals surface area contributed by atoms with E-state index < -0.39 is 0 Å². The van der Waals surface area contributed by atoms with Gasteiger partial charge in [0.15, 0.2) is 5.96 Å². The largest absolute Gasteiger partial charge is 0.379 e. The van der Waals surface area contributed by atoms with Crippen molar-refractivity contribution in [2.24, 2.45) is 16.6 Å². The van der Waals surface area contributed by atoms with Crippen molar-refractivity contribution in [2.75, 3.05) is 26.4 Å². The third-order valence-corrected chi connectivity index (χ3v) is 3.87. The zero-order chi connectivity index (χ0) is 16.2. The van der Waals surface area contributed by atoms with Gasteiger partial charge in [0.05, 0.1) is 12.7 Å². The second-order valence-electron chi connectivity index (χ2n) is 6.70. The average Bonchev–Trinajstić information content (AvgIpc) is 2.95. The third-order valence-electron chi connectivity index (χ3n) is 3.87. The van der Waals surface area contributed by atoms with E-state index in [1.807, 2.05) is 0 Å². The van der Waals surface area contributed by atoms with Gasteiger partial charge in [-0.1, -0.05) is 26.7 Å². The van der Waals surface area contributed by atoms with E-state index in [9.17, 15) is 0 Å². The van der Waals surface area contributed by atoms with Gasteiger partial charge in [-0.05, 0) is 38.5 Å². The highest BCUT2D eigenvalue weighted by molar-refractivity contribution is 5.78. The quantitative estimate of drug-likeness (QED) is 0.349. The van der Waals surface area contributed by atoms with Crippen molar-refractivity contribution in [3.05, 3.63) is 0 Å². The summed E-state index contributed by atoms with van der Waals surface area (Å²) in [6.07, 6.45) is 7.14. The Labute approximate surface area is 136 Å². The number of ether oxygens (including phenoxy) is 2. The highest BCUT2D eigenvalue weighted by Crippen LogP contribution is 2.11. The van der Waals surface area contributed by atoms with Gasteiger partial charge >= 0.3 is 0 Å². The first-order chi connectivity index (χ1) is 10.6. The van der Waals surface area contributed by atoms with Crippen LogP contribution in [-0.2, 0) is 9.47 Å². The summed E-state index contributed by atoms with van der Waals surface area (Å²) in [5, 5.41) is 3.26. The molecule has 2 unspecified atom stereocenters. The van der Waals surface area contributed by atoms with Crippen LogP contribution in [0.1, 0.15) is 59.3 Å². The van der Waals surface area contributed by atoms with Gasteiger partial charge < -0.3 is 20.5 Å². The van der Waals surface area contributed by atoms with Gasteiger partial charge in [-0.15, -0.1) is 0 Å². The molecule has 1 saturated heterocycles. The van der Waals surface area contributed by atoms with E-state index >= 15 is 0 Å². The summed E-state index contributed by atoms with van der Waals surface area (Å²) in [6.45, 7) is 9.71. The fraction of sp³-hybridized carbons (Fsp3) is 0.941. The van der Waals surface area contributed by atoms with Crippen molar-refractivity contribution < 1.29 is 9.47 Å². The Morgan fingerprint density at radius 3 is 2.82 bits per heavy atom. The van der Waals surface area contributed by atoms with E-state index in [1.165, 1.54) is 12.8 Å². The maximum absolute atomic E-state index is 5.90. The first kappa shape index (κ1) is 19.2. The SMILES string of the molecule is CC(C)CCCC(C)NC(N)=NCCCOCC1CCCO1. The molecular formula is C17H35N3O2. The predicted octanol–water partition coefficient (Wildman–Crippen LogP) is 2.69. The maximum Gasteiger partial charge on any atom is 0.188 e. The van der Waals surface area contributed by atoms with Crippen LogP contribution >= 0.6 is 0 Å². The maximum atomic E-state index is 5.90. The molecule has 1 heterocycles. The Hall–Kier alpha value is -0.810. The fourth-order valence-corrected chi connectivity index (χ4v) is 2.56. The molecule has 0 radical (unpaired) electrons. The smallest absolute Gasteiger partial charge is 0.188 e. The third kappa shape index (κ3) is 10.0. The molecule has 1 aliphatic rings. The monoisotopic (exact) mass is 313 g/mol. The van der Waals surface area contributed by atoms with Gasteiger partial charge in [-0.25, -0.2) is 0 Å². The van der Waals surface area contributed by atoms with Gasteiger partial charge in [0, 0.05) is 25.8 Å². The molecule has 22 heavy (non-hydrogen) atoms. The van der Waals surface area contributed by atoms with Crippen LogP contribution in [0.25, 0.3) is 0 Å². The van der Waals surface area contributed by atoms with Crippen LogP contribution in [0.15, 0.2) is 4.99 Å². The van der Waals surface area contributed by atoms with Crippen molar-refractivity contribution in [2.45, 2.75) is 71.4 Å². The molecule has 1 rings (SSSR count). The van der Waals surface area contributed by atoms with E-state index in [4.69, 9.17) is 15.2 Å². The van der Waals surface area contributed by atoms with E-state index in [0.717, 1.165) is 44.8 Å². The summed E-state index contributed by atoms with van der Waals surface area (Å²) < 4.78 is 11.1. The molecule has 1 fully saturated rings. The van der Waals surface area contributed by atoms with Crippen LogP contribution < -0.4 is 11.1 Å². The summed E-state index contributed by atoms with van der Waals surface area (Å²) in [6, 6.07) is 0.387. The molecule has 0 amide bonds. The molecule has 5 heteroatoms. The molecule has 0 aromatic carbocycles. The molecule has 0 aliphatic carbocycles. The number of nitrogens with one attached hydrogen (secondary N) is 1. The molecule has 0 bridgehead atoms. The number of nitrogens with zero attached hydrogens (tertiary/aromatic N) is 1. The van der Waals surface area contributed by atoms with Crippen LogP contribution in [0.4, 0.5) is 0 Å². The second-order valence-corrected chi connectivity index (χ2v) is 6.70. The standard InChI is InChI=1S/C17H35N3O2/c1-14(2)7-4-8-15(3)20-17(18)19-10-6-11-21-13-16-9-5-12-22-16/h14-16H,4-13H2,1-3H3,(H3,18,19,20). The van der Waals surface area contributed by atoms with Crippen LogP contribution in [0.2, 0.25) is 0 Å². The van der Waals surface area contributed by atoms with E-state index in [2.05, 4.69) is 31.1 Å². The van der Waals surface area contributed by atoms with E-state index in [0.29, 0.717) is 31.3 Å². The minimum Gasteiger partial charge on any atom is -0.379 e. The number of hydrogen-bond donors (Lipinski definition) is 2. The molecule has 2 atom stereocenters. The Balaban J connectivity index is 1.97. The topological polar surface area (TPSA) is 68.9 Å². The van der Waals surface area contributed by atoms with Crippen molar-refractivity contribution in [3.8, 4) is 0 Å². The van der Waals surface area contributed by atoms with Gasteiger partial charge in [-0.2, -0.15) is 0 Å². The highest BCUT2D eigenvalue weighted by atomic mass is 16.5. The molecule has 0 spiro atoms. The van der Waals surface area contributed by atoms with Crippen molar-refractivity contribution in [1.29, 1.82) is 0 Å². The van der Waals surface area contributed by atoms with Crippen LogP contribution in [0.5, 0.6) is 0 Å². The minimum atomic E-state index is 0.307. The Morgan fingerprint density at radius 2 is 2.14 bits per heavy atom. The fourth-order valence-electron chi connectivity index (χ4n) is 2.56. The molecule has 1 aliphatic heterocycles.